The lowest BCUT2D eigenvalue weighted by molar-refractivity contribution is 0.407. The predicted molar refractivity (Wildman–Crippen MR) is 113 cm³/mol. The van der Waals surface area contributed by atoms with Crippen LogP contribution in [0.3, 0.4) is 0 Å². The molecule has 2 atom stereocenters. The predicted octanol–water partition coefficient (Wildman–Crippen LogP) is 3.00. The van der Waals surface area contributed by atoms with Gasteiger partial charge in [0.2, 0.25) is 0 Å². The molecule has 4 heterocycles. The highest BCUT2D eigenvalue weighted by atomic mass is 16.4. The number of hydrogen-bond donors (Lipinski definition) is 1. The van der Waals surface area contributed by atoms with E-state index in [1.807, 2.05) is 41.9 Å². The fourth-order valence-corrected chi connectivity index (χ4v) is 4.19. The first-order valence-electron chi connectivity index (χ1n) is 9.87. The molecule has 7 heteroatoms. The summed E-state index contributed by atoms with van der Waals surface area (Å²) in [6.45, 7) is 8.11. The molecule has 148 valence electrons. The number of piperazine rings is 1. The van der Waals surface area contributed by atoms with E-state index in [0.29, 0.717) is 28.9 Å². The van der Waals surface area contributed by atoms with Crippen LogP contribution in [0.2, 0.25) is 0 Å². The largest absolute Gasteiger partial charge is 0.422 e. The third-order valence-corrected chi connectivity index (χ3v) is 5.47. The van der Waals surface area contributed by atoms with Gasteiger partial charge >= 0.3 is 5.63 Å². The van der Waals surface area contributed by atoms with E-state index in [4.69, 9.17) is 4.42 Å². The number of nitrogens with zero attached hydrogens (tertiary/aromatic N) is 4. The lowest BCUT2D eigenvalue weighted by atomic mass is 10.1. The van der Waals surface area contributed by atoms with Gasteiger partial charge in [0.15, 0.2) is 5.65 Å². The van der Waals surface area contributed by atoms with Crippen molar-refractivity contribution in [3.05, 3.63) is 59.0 Å². The van der Waals surface area contributed by atoms with Crippen molar-refractivity contribution in [3.8, 4) is 11.3 Å². The van der Waals surface area contributed by atoms with Crippen LogP contribution >= 0.6 is 0 Å². The highest BCUT2D eigenvalue weighted by Gasteiger charge is 2.22. The van der Waals surface area contributed by atoms with Crippen LogP contribution in [0.4, 0.5) is 5.69 Å². The molecule has 0 bridgehead atoms. The quantitative estimate of drug-likeness (QED) is 0.531. The van der Waals surface area contributed by atoms with E-state index in [1.54, 1.807) is 6.20 Å². The molecule has 1 aliphatic rings. The zero-order valence-corrected chi connectivity index (χ0v) is 16.7. The van der Waals surface area contributed by atoms with Crippen LogP contribution in [-0.2, 0) is 0 Å². The van der Waals surface area contributed by atoms with Gasteiger partial charge in [-0.15, -0.1) is 0 Å². The van der Waals surface area contributed by atoms with Gasteiger partial charge in [0.05, 0.1) is 17.0 Å². The second-order valence-electron chi connectivity index (χ2n) is 7.91. The maximum Gasteiger partial charge on any atom is 0.345 e. The summed E-state index contributed by atoms with van der Waals surface area (Å²) in [5.41, 5.74) is 3.88. The topological polar surface area (TPSA) is 75.7 Å². The molecule has 0 saturated carbocycles. The van der Waals surface area contributed by atoms with Gasteiger partial charge in [-0.25, -0.2) is 9.78 Å². The Labute approximate surface area is 168 Å². The minimum absolute atomic E-state index is 0.384. The molecule has 0 aliphatic carbocycles. The van der Waals surface area contributed by atoms with Gasteiger partial charge in [-0.2, -0.15) is 0 Å². The first-order valence-corrected chi connectivity index (χ1v) is 9.87. The molecule has 0 spiro atoms. The number of aromatic nitrogens is 3. The molecular formula is C22H23N5O2. The van der Waals surface area contributed by atoms with Gasteiger partial charge in [0.1, 0.15) is 5.58 Å². The molecule has 0 amide bonds. The first kappa shape index (κ1) is 17.9. The lowest BCUT2D eigenvalue weighted by Crippen LogP contribution is -2.54. The normalized spacial score (nSPS) is 19.9. The number of imidazole rings is 1. The summed E-state index contributed by atoms with van der Waals surface area (Å²) in [6.07, 6.45) is 5.37. The zero-order valence-electron chi connectivity index (χ0n) is 16.7. The third kappa shape index (κ3) is 3.17. The number of hydrogen-bond acceptors (Lipinski definition) is 6. The Bertz CT molecular complexity index is 1270. The summed E-state index contributed by atoms with van der Waals surface area (Å²) in [7, 11) is 0. The van der Waals surface area contributed by atoms with Crippen molar-refractivity contribution in [2.45, 2.75) is 32.9 Å². The number of fused-ring (bicyclic) bond motifs is 2. The van der Waals surface area contributed by atoms with E-state index in [1.165, 1.54) is 0 Å². The smallest absolute Gasteiger partial charge is 0.345 e. The minimum Gasteiger partial charge on any atom is -0.422 e. The second-order valence-corrected chi connectivity index (χ2v) is 7.91. The van der Waals surface area contributed by atoms with Gasteiger partial charge in [0.25, 0.3) is 0 Å². The monoisotopic (exact) mass is 389 g/mol. The molecule has 7 nitrogen and oxygen atoms in total. The molecule has 1 saturated heterocycles. The second kappa shape index (κ2) is 6.70. The Hall–Kier alpha value is -3.19. The van der Waals surface area contributed by atoms with Crippen molar-refractivity contribution >= 4 is 22.3 Å². The Morgan fingerprint density at radius 2 is 1.97 bits per heavy atom. The maximum atomic E-state index is 12.7. The summed E-state index contributed by atoms with van der Waals surface area (Å²) in [5, 5.41) is 4.42. The van der Waals surface area contributed by atoms with Crippen molar-refractivity contribution in [1.82, 2.24) is 19.7 Å². The SMILES string of the molecule is Cc1nccn2cc(-c3cc4ccc(N5CC(C)NC(C)C5)cc4oc3=O)nc12. The van der Waals surface area contributed by atoms with Gasteiger partial charge < -0.3 is 19.0 Å². The van der Waals surface area contributed by atoms with Crippen LogP contribution in [0.1, 0.15) is 19.5 Å². The molecule has 4 aromatic rings. The number of benzene rings is 1. The van der Waals surface area contributed by atoms with E-state index in [2.05, 4.69) is 40.1 Å². The first-order chi connectivity index (χ1) is 14.0. The van der Waals surface area contributed by atoms with Crippen molar-refractivity contribution in [2.75, 3.05) is 18.0 Å². The fraction of sp³-hybridized carbons (Fsp3) is 0.318. The maximum absolute atomic E-state index is 12.7. The van der Waals surface area contributed by atoms with Gasteiger partial charge in [-0.1, -0.05) is 0 Å². The highest BCUT2D eigenvalue weighted by molar-refractivity contribution is 5.84. The standard InChI is InChI=1S/C22H23N5O2/c1-13-10-27(11-14(2)24-13)17-5-4-16-8-18(22(28)29-20(16)9-17)19-12-26-7-6-23-15(3)21(26)25-19/h4-9,12-14,24H,10-11H2,1-3H3. The van der Waals surface area contributed by atoms with Crippen molar-refractivity contribution < 1.29 is 4.42 Å². The molecular weight excluding hydrogens is 366 g/mol. The van der Waals surface area contributed by atoms with Gasteiger partial charge in [0, 0.05) is 60.9 Å². The van der Waals surface area contributed by atoms with Crippen LogP contribution in [0.15, 0.2) is 52.1 Å². The molecule has 1 aromatic carbocycles. The average Bonchev–Trinajstić information content (AvgIpc) is 3.11. The number of aryl methyl sites for hydroxylation is 1. The third-order valence-electron chi connectivity index (χ3n) is 5.47. The number of anilines is 1. The molecule has 29 heavy (non-hydrogen) atoms. The molecule has 1 N–H and O–H groups in total. The van der Waals surface area contributed by atoms with Crippen LogP contribution in [-0.4, -0.2) is 39.5 Å². The average molecular weight is 389 g/mol. The van der Waals surface area contributed by atoms with Crippen molar-refractivity contribution in [1.29, 1.82) is 0 Å². The summed E-state index contributed by atoms with van der Waals surface area (Å²) >= 11 is 0. The Balaban J connectivity index is 1.56. The summed E-state index contributed by atoms with van der Waals surface area (Å²) < 4.78 is 7.57. The lowest BCUT2D eigenvalue weighted by Gasteiger charge is -2.37. The minimum atomic E-state index is -0.384. The Morgan fingerprint density at radius 1 is 1.17 bits per heavy atom. The van der Waals surface area contributed by atoms with E-state index in [-0.39, 0.29) is 5.63 Å². The van der Waals surface area contributed by atoms with E-state index < -0.39 is 0 Å². The van der Waals surface area contributed by atoms with Crippen molar-refractivity contribution in [2.24, 2.45) is 0 Å². The number of rotatable bonds is 2. The highest BCUT2D eigenvalue weighted by Crippen LogP contribution is 2.26. The van der Waals surface area contributed by atoms with Gasteiger partial charge in [-0.05, 0) is 39.0 Å². The summed E-state index contributed by atoms with van der Waals surface area (Å²) in [4.78, 5) is 23.9. The molecule has 1 aliphatic heterocycles. The van der Waals surface area contributed by atoms with Gasteiger partial charge in [-0.3, -0.25) is 4.98 Å². The molecule has 3 aromatic heterocycles. The molecule has 0 radical (unpaired) electrons. The summed E-state index contributed by atoms with van der Waals surface area (Å²) in [6, 6.07) is 8.75. The van der Waals surface area contributed by atoms with Crippen LogP contribution in [0.5, 0.6) is 0 Å². The molecule has 2 unspecified atom stereocenters. The summed E-state index contributed by atoms with van der Waals surface area (Å²) in [5.74, 6) is 0. The van der Waals surface area contributed by atoms with E-state index in [9.17, 15) is 4.79 Å². The van der Waals surface area contributed by atoms with Crippen LogP contribution < -0.4 is 15.8 Å². The number of nitrogens with one attached hydrogen (secondary N) is 1. The molecule has 1 fully saturated rings. The molecule has 5 rings (SSSR count). The van der Waals surface area contributed by atoms with Crippen LogP contribution in [0.25, 0.3) is 27.9 Å². The Kier molecular flexibility index (Phi) is 4.13. The zero-order chi connectivity index (χ0) is 20.1. The Morgan fingerprint density at radius 3 is 2.72 bits per heavy atom. The fourth-order valence-electron chi connectivity index (χ4n) is 4.19. The van der Waals surface area contributed by atoms with Crippen LogP contribution in [0, 0.1) is 6.92 Å². The van der Waals surface area contributed by atoms with Crippen molar-refractivity contribution in [3.63, 3.8) is 0 Å². The van der Waals surface area contributed by atoms with E-state index in [0.717, 1.165) is 35.5 Å². The van der Waals surface area contributed by atoms with E-state index >= 15 is 0 Å².